The van der Waals surface area contributed by atoms with Gasteiger partial charge in [0.25, 0.3) is 0 Å². The predicted molar refractivity (Wildman–Crippen MR) is 99.2 cm³/mol. The molecule has 158 valence electrons. The smallest absolute Gasteiger partial charge is 0.406 e. The molecule has 1 aliphatic carbocycles. The van der Waals surface area contributed by atoms with Crippen molar-refractivity contribution in [2.45, 2.75) is 63.3 Å². The van der Waals surface area contributed by atoms with Gasteiger partial charge in [0.2, 0.25) is 11.8 Å². The number of carbonyl (C=O) groups is 2. The molecule has 0 aromatic heterocycles. The molecule has 1 aromatic rings. The summed E-state index contributed by atoms with van der Waals surface area (Å²) >= 11 is 0. The van der Waals surface area contributed by atoms with E-state index in [2.05, 4.69) is 10.1 Å². The van der Waals surface area contributed by atoms with Crippen LogP contribution in [0.2, 0.25) is 0 Å². The summed E-state index contributed by atoms with van der Waals surface area (Å²) in [5, 5.41) is 3.01. The topological polar surface area (TPSA) is 58.6 Å². The first kappa shape index (κ1) is 20.0. The van der Waals surface area contributed by atoms with Gasteiger partial charge in [0.15, 0.2) is 0 Å². The second-order valence-corrected chi connectivity index (χ2v) is 8.55. The number of amides is 2. The first-order valence-corrected chi connectivity index (χ1v) is 10.1. The van der Waals surface area contributed by atoms with Crippen molar-refractivity contribution in [2.75, 3.05) is 13.1 Å². The average Bonchev–Trinajstić information content (AvgIpc) is 3.03. The third-order valence-corrected chi connectivity index (χ3v) is 6.66. The Morgan fingerprint density at radius 2 is 1.93 bits per heavy atom. The minimum atomic E-state index is -4.71. The maximum Gasteiger partial charge on any atom is 0.573 e. The van der Waals surface area contributed by atoms with Crippen LogP contribution in [-0.2, 0) is 9.59 Å². The van der Waals surface area contributed by atoms with E-state index in [0.29, 0.717) is 37.9 Å². The van der Waals surface area contributed by atoms with E-state index in [1.54, 1.807) is 13.0 Å². The zero-order chi connectivity index (χ0) is 20.8. The van der Waals surface area contributed by atoms with E-state index in [1.807, 2.05) is 11.0 Å². The number of benzene rings is 1. The van der Waals surface area contributed by atoms with E-state index in [-0.39, 0.29) is 34.9 Å². The second-order valence-electron chi connectivity index (χ2n) is 8.55. The van der Waals surface area contributed by atoms with Crippen LogP contribution >= 0.6 is 0 Å². The van der Waals surface area contributed by atoms with Crippen LogP contribution in [0.4, 0.5) is 13.2 Å². The summed E-state index contributed by atoms with van der Waals surface area (Å²) in [6.45, 7) is 2.85. The lowest BCUT2D eigenvalue weighted by Crippen LogP contribution is -2.57. The zero-order valence-corrected chi connectivity index (χ0v) is 16.3. The number of hydrogen-bond donors (Lipinski definition) is 1. The number of nitrogens with zero attached hydrogens (tertiary/aromatic N) is 1. The van der Waals surface area contributed by atoms with E-state index in [1.165, 1.54) is 6.07 Å². The third kappa shape index (κ3) is 4.07. The number of piperidine rings is 1. The molecule has 0 unspecified atom stereocenters. The van der Waals surface area contributed by atoms with Crippen LogP contribution in [0.15, 0.2) is 18.2 Å². The number of ether oxygens (including phenoxy) is 1. The molecule has 5 nitrogen and oxygen atoms in total. The highest BCUT2D eigenvalue weighted by Crippen LogP contribution is 2.45. The van der Waals surface area contributed by atoms with Gasteiger partial charge in [-0.2, -0.15) is 0 Å². The van der Waals surface area contributed by atoms with Gasteiger partial charge in [-0.1, -0.05) is 12.1 Å². The molecule has 2 heterocycles. The maximum atomic E-state index is 12.8. The molecule has 3 fully saturated rings. The molecule has 2 saturated heterocycles. The minimum Gasteiger partial charge on any atom is -0.406 e. The Balaban J connectivity index is 1.34. The summed E-state index contributed by atoms with van der Waals surface area (Å²) in [7, 11) is 0. The molecule has 1 aromatic carbocycles. The number of alkyl halides is 3. The Labute approximate surface area is 167 Å². The molecule has 0 bridgehead atoms. The number of carbonyl (C=O) groups excluding carboxylic acids is 2. The van der Waals surface area contributed by atoms with Crippen molar-refractivity contribution >= 4 is 11.8 Å². The van der Waals surface area contributed by atoms with Crippen molar-refractivity contribution < 1.29 is 27.5 Å². The van der Waals surface area contributed by atoms with Crippen molar-refractivity contribution in [1.29, 1.82) is 0 Å². The van der Waals surface area contributed by atoms with Gasteiger partial charge in [0.05, 0.1) is 0 Å². The molecule has 4 rings (SSSR count). The van der Waals surface area contributed by atoms with Gasteiger partial charge in [-0.3, -0.25) is 9.59 Å². The van der Waals surface area contributed by atoms with Crippen LogP contribution in [-0.4, -0.2) is 41.7 Å². The molecule has 2 amide bonds. The van der Waals surface area contributed by atoms with Gasteiger partial charge < -0.3 is 15.0 Å². The first-order chi connectivity index (χ1) is 13.7. The van der Waals surface area contributed by atoms with Crippen LogP contribution in [0.25, 0.3) is 0 Å². The van der Waals surface area contributed by atoms with Crippen LogP contribution in [0.1, 0.15) is 55.6 Å². The van der Waals surface area contributed by atoms with Gasteiger partial charge in [-0.05, 0) is 62.1 Å². The number of nitrogens with one attached hydrogen (secondary N) is 1. The Morgan fingerprint density at radius 3 is 2.52 bits per heavy atom. The van der Waals surface area contributed by atoms with E-state index in [0.717, 1.165) is 24.8 Å². The largest absolute Gasteiger partial charge is 0.573 e. The fraction of sp³-hybridized carbons (Fsp3) is 0.619. The van der Waals surface area contributed by atoms with Crippen LogP contribution < -0.4 is 10.1 Å². The molecule has 1 saturated carbocycles. The minimum absolute atomic E-state index is 0.0322. The molecule has 0 atom stereocenters. The second kappa shape index (κ2) is 7.22. The van der Waals surface area contributed by atoms with Crippen LogP contribution in [0.3, 0.4) is 0 Å². The van der Waals surface area contributed by atoms with Crippen molar-refractivity contribution in [3.05, 3.63) is 29.3 Å². The third-order valence-electron chi connectivity index (χ3n) is 6.66. The van der Waals surface area contributed by atoms with Crippen molar-refractivity contribution in [3.63, 3.8) is 0 Å². The Bertz CT molecular complexity index is 810. The molecule has 0 radical (unpaired) electrons. The normalized spacial score (nSPS) is 27.7. The van der Waals surface area contributed by atoms with Gasteiger partial charge in [0.1, 0.15) is 5.75 Å². The maximum absolute atomic E-state index is 12.8. The molecule has 29 heavy (non-hydrogen) atoms. The summed E-state index contributed by atoms with van der Waals surface area (Å²) in [5.74, 6) is 0.129. The quantitative estimate of drug-likeness (QED) is 0.828. The standard InChI is InChI=1S/C21H25F3N2O3/c1-13-16(3-2-4-17(13)29-21(22,23)24)14-6-9-26(10-7-14)19(28)15-11-20(12-15)8-5-18(27)25-20/h2-4,14-15H,5-12H2,1H3,(H,25,27)/t15-,20+. The molecular formula is C21H25F3N2O3. The lowest BCUT2D eigenvalue weighted by Gasteiger charge is -2.46. The highest BCUT2D eigenvalue weighted by atomic mass is 19.4. The number of hydrogen-bond acceptors (Lipinski definition) is 3. The summed E-state index contributed by atoms with van der Waals surface area (Å²) < 4.78 is 41.9. The van der Waals surface area contributed by atoms with Gasteiger partial charge in [-0.15, -0.1) is 13.2 Å². The number of likely N-dealkylation sites (tertiary alicyclic amines) is 1. The van der Waals surface area contributed by atoms with E-state index in [4.69, 9.17) is 0 Å². The molecule has 8 heteroatoms. The monoisotopic (exact) mass is 410 g/mol. The van der Waals surface area contributed by atoms with E-state index < -0.39 is 6.36 Å². The summed E-state index contributed by atoms with van der Waals surface area (Å²) in [5.41, 5.74) is 1.20. The zero-order valence-electron chi connectivity index (χ0n) is 16.3. The Morgan fingerprint density at radius 1 is 1.24 bits per heavy atom. The lowest BCUT2D eigenvalue weighted by atomic mass is 9.67. The number of halogens is 3. The highest BCUT2D eigenvalue weighted by molar-refractivity contribution is 5.83. The molecular weight excluding hydrogens is 385 g/mol. The fourth-order valence-electron chi connectivity index (χ4n) is 5.12. The summed E-state index contributed by atoms with van der Waals surface area (Å²) in [6.07, 6.45) is -0.484. The molecule has 1 N–H and O–H groups in total. The lowest BCUT2D eigenvalue weighted by molar-refractivity contribution is -0.274. The summed E-state index contributed by atoms with van der Waals surface area (Å²) in [6, 6.07) is 4.77. The van der Waals surface area contributed by atoms with Crippen molar-refractivity contribution in [2.24, 2.45) is 5.92 Å². The van der Waals surface area contributed by atoms with Crippen LogP contribution in [0, 0.1) is 12.8 Å². The summed E-state index contributed by atoms with van der Waals surface area (Å²) in [4.78, 5) is 26.1. The van der Waals surface area contributed by atoms with Gasteiger partial charge >= 0.3 is 6.36 Å². The van der Waals surface area contributed by atoms with Gasteiger partial charge in [-0.25, -0.2) is 0 Å². The Kier molecular flexibility index (Phi) is 4.99. The molecule has 1 spiro atoms. The average molecular weight is 410 g/mol. The van der Waals surface area contributed by atoms with E-state index in [9.17, 15) is 22.8 Å². The van der Waals surface area contributed by atoms with E-state index >= 15 is 0 Å². The van der Waals surface area contributed by atoms with Crippen LogP contribution in [0.5, 0.6) is 5.75 Å². The first-order valence-electron chi connectivity index (χ1n) is 10.1. The molecule has 2 aliphatic heterocycles. The Hall–Kier alpha value is -2.25. The predicted octanol–water partition coefficient (Wildman–Crippen LogP) is 3.66. The van der Waals surface area contributed by atoms with Crippen molar-refractivity contribution in [3.8, 4) is 5.75 Å². The number of rotatable bonds is 3. The highest BCUT2D eigenvalue weighted by Gasteiger charge is 2.51. The van der Waals surface area contributed by atoms with Gasteiger partial charge in [0, 0.05) is 31.0 Å². The van der Waals surface area contributed by atoms with Crippen molar-refractivity contribution in [1.82, 2.24) is 10.2 Å². The molecule has 3 aliphatic rings. The fourth-order valence-corrected chi connectivity index (χ4v) is 5.12. The SMILES string of the molecule is Cc1c(OC(F)(F)F)cccc1C1CCN(C(=O)[C@H]2C[C@]3(CCC(=O)N3)C2)CC1.